The maximum atomic E-state index is 12.7. The molecule has 6 nitrogen and oxygen atoms in total. The minimum absolute atomic E-state index is 0.0394. The van der Waals surface area contributed by atoms with Gasteiger partial charge in [-0.3, -0.25) is 14.6 Å². The number of likely N-dealkylation sites (N-methyl/N-ethyl adjacent to an activating group) is 1. The molecule has 1 atom stereocenters. The van der Waals surface area contributed by atoms with Crippen molar-refractivity contribution in [2.75, 3.05) is 26.7 Å². The van der Waals surface area contributed by atoms with Gasteiger partial charge in [0.2, 0.25) is 11.8 Å². The highest BCUT2D eigenvalue weighted by molar-refractivity contribution is 5.81. The highest BCUT2D eigenvalue weighted by Crippen LogP contribution is 2.30. The fourth-order valence-electron chi connectivity index (χ4n) is 4.03. The van der Waals surface area contributed by atoms with E-state index in [0.29, 0.717) is 13.1 Å². The van der Waals surface area contributed by atoms with Crippen LogP contribution in [0.3, 0.4) is 0 Å². The number of aromatic nitrogens is 1. The number of carbonyl (C=O) groups is 2. The number of amides is 2. The predicted octanol–water partition coefficient (Wildman–Crippen LogP) is 2.18. The number of pyridine rings is 1. The van der Waals surface area contributed by atoms with Crippen molar-refractivity contribution in [3.8, 4) is 0 Å². The standard InChI is InChI=1S/C21H31N3O3/c1-24(13-10-16-8-11-22-12-9-16)21(26)18-6-4-17(5-7-18)20(25)23-15-19-3-2-14-27-19/h8-9,11-12,17-19H,2-7,10,13-15H2,1H3,(H,23,25). The number of nitrogens with zero attached hydrogens (tertiary/aromatic N) is 2. The Bertz CT molecular complexity index is 608. The molecule has 148 valence electrons. The largest absolute Gasteiger partial charge is 0.376 e. The highest BCUT2D eigenvalue weighted by Gasteiger charge is 2.31. The van der Waals surface area contributed by atoms with Gasteiger partial charge in [0.05, 0.1) is 6.10 Å². The molecule has 1 aliphatic carbocycles. The van der Waals surface area contributed by atoms with E-state index in [1.807, 2.05) is 24.1 Å². The summed E-state index contributed by atoms with van der Waals surface area (Å²) in [6, 6.07) is 3.97. The van der Waals surface area contributed by atoms with Gasteiger partial charge in [0.15, 0.2) is 0 Å². The average Bonchev–Trinajstić information content (AvgIpc) is 3.24. The minimum atomic E-state index is 0.0394. The monoisotopic (exact) mass is 373 g/mol. The Balaban J connectivity index is 1.37. The SMILES string of the molecule is CN(CCc1ccncc1)C(=O)C1CCC(C(=O)NCC2CCCO2)CC1. The van der Waals surface area contributed by atoms with Crippen molar-refractivity contribution in [1.29, 1.82) is 0 Å². The number of hydrogen-bond donors (Lipinski definition) is 1. The molecule has 2 amide bonds. The molecule has 1 N–H and O–H groups in total. The quantitative estimate of drug-likeness (QED) is 0.795. The molecule has 6 heteroatoms. The lowest BCUT2D eigenvalue weighted by molar-refractivity contribution is -0.137. The van der Waals surface area contributed by atoms with E-state index in [4.69, 9.17) is 4.74 Å². The zero-order valence-electron chi connectivity index (χ0n) is 16.2. The van der Waals surface area contributed by atoms with Crippen molar-refractivity contribution in [3.05, 3.63) is 30.1 Å². The van der Waals surface area contributed by atoms with Crippen LogP contribution in [0.5, 0.6) is 0 Å². The molecule has 0 spiro atoms. The van der Waals surface area contributed by atoms with Crippen LogP contribution >= 0.6 is 0 Å². The Kier molecular flexibility index (Phi) is 7.21. The topological polar surface area (TPSA) is 71.5 Å². The molecule has 1 aromatic heterocycles. The maximum absolute atomic E-state index is 12.7. The lowest BCUT2D eigenvalue weighted by atomic mass is 9.81. The molecule has 0 radical (unpaired) electrons. The molecule has 27 heavy (non-hydrogen) atoms. The Morgan fingerprint density at radius 2 is 1.85 bits per heavy atom. The van der Waals surface area contributed by atoms with Crippen molar-refractivity contribution in [2.45, 2.75) is 51.0 Å². The van der Waals surface area contributed by atoms with Gasteiger partial charge in [0.1, 0.15) is 0 Å². The van der Waals surface area contributed by atoms with E-state index in [-0.39, 0.29) is 29.8 Å². The van der Waals surface area contributed by atoms with Crippen LogP contribution in [-0.2, 0) is 20.7 Å². The first kappa shape index (κ1) is 19.8. The Labute approximate surface area is 161 Å². The fraction of sp³-hybridized carbons (Fsp3) is 0.667. The first-order valence-electron chi connectivity index (χ1n) is 10.2. The Morgan fingerprint density at radius 1 is 1.15 bits per heavy atom. The lowest BCUT2D eigenvalue weighted by Gasteiger charge is -2.30. The van der Waals surface area contributed by atoms with Crippen LogP contribution in [0.2, 0.25) is 0 Å². The second-order valence-electron chi connectivity index (χ2n) is 7.79. The third kappa shape index (κ3) is 5.76. The fourth-order valence-corrected chi connectivity index (χ4v) is 4.03. The molecule has 1 aliphatic heterocycles. The van der Waals surface area contributed by atoms with Gasteiger partial charge in [-0.05, 0) is 62.6 Å². The van der Waals surface area contributed by atoms with Crippen LogP contribution in [0.1, 0.15) is 44.1 Å². The van der Waals surface area contributed by atoms with Crippen molar-refractivity contribution < 1.29 is 14.3 Å². The zero-order chi connectivity index (χ0) is 19.1. The van der Waals surface area contributed by atoms with Crippen molar-refractivity contribution in [2.24, 2.45) is 11.8 Å². The van der Waals surface area contributed by atoms with Gasteiger partial charge in [-0.2, -0.15) is 0 Å². The number of nitrogens with one attached hydrogen (secondary N) is 1. The molecule has 0 bridgehead atoms. The van der Waals surface area contributed by atoms with E-state index in [9.17, 15) is 9.59 Å². The number of carbonyl (C=O) groups excluding carboxylic acids is 2. The van der Waals surface area contributed by atoms with Crippen molar-refractivity contribution in [1.82, 2.24) is 15.2 Å². The number of rotatable bonds is 7. The van der Waals surface area contributed by atoms with Gasteiger partial charge in [-0.25, -0.2) is 0 Å². The summed E-state index contributed by atoms with van der Waals surface area (Å²) in [4.78, 5) is 30.9. The number of ether oxygens (including phenoxy) is 1. The maximum Gasteiger partial charge on any atom is 0.225 e. The first-order valence-corrected chi connectivity index (χ1v) is 10.2. The van der Waals surface area contributed by atoms with E-state index in [1.165, 1.54) is 5.56 Å². The van der Waals surface area contributed by atoms with E-state index in [1.54, 1.807) is 12.4 Å². The van der Waals surface area contributed by atoms with E-state index in [2.05, 4.69) is 10.3 Å². The van der Waals surface area contributed by atoms with Gasteiger partial charge in [0, 0.05) is 51.0 Å². The second-order valence-corrected chi connectivity index (χ2v) is 7.79. The van der Waals surface area contributed by atoms with Gasteiger partial charge in [-0.15, -0.1) is 0 Å². The number of hydrogen-bond acceptors (Lipinski definition) is 4. The van der Waals surface area contributed by atoms with Crippen molar-refractivity contribution >= 4 is 11.8 Å². The molecular formula is C21H31N3O3. The molecule has 1 aromatic rings. The van der Waals surface area contributed by atoms with E-state index < -0.39 is 0 Å². The summed E-state index contributed by atoms with van der Waals surface area (Å²) in [7, 11) is 1.88. The van der Waals surface area contributed by atoms with Gasteiger partial charge >= 0.3 is 0 Å². The van der Waals surface area contributed by atoms with Gasteiger partial charge in [-0.1, -0.05) is 0 Å². The molecule has 1 unspecified atom stereocenters. The molecule has 3 rings (SSSR count). The first-order chi connectivity index (χ1) is 13.1. The smallest absolute Gasteiger partial charge is 0.225 e. The Morgan fingerprint density at radius 3 is 2.52 bits per heavy atom. The van der Waals surface area contributed by atoms with Crippen LogP contribution in [0.25, 0.3) is 0 Å². The summed E-state index contributed by atoms with van der Waals surface area (Å²) >= 11 is 0. The normalized spacial score (nSPS) is 25.1. The summed E-state index contributed by atoms with van der Waals surface area (Å²) < 4.78 is 5.55. The summed E-state index contributed by atoms with van der Waals surface area (Å²) in [5.74, 6) is 0.428. The van der Waals surface area contributed by atoms with Gasteiger partial charge in [0.25, 0.3) is 0 Å². The van der Waals surface area contributed by atoms with Crippen LogP contribution in [0.4, 0.5) is 0 Å². The molecular weight excluding hydrogens is 342 g/mol. The van der Waals surface area contributed by atoms with E-state index in [0.717, 1.165) is 51.6 Å². The summed E-state index contributed by atoms with van der Waals surface area (Å²) in [5, 5.41) is 3.04. The van der Waals surface area contributed by atoms with Crippen LogP contribution in [0, 0.1) is 11.8 Å². The van der Waals surface area contributed by atoms with Crippen LogP contribution in [0.15, 0.2) is 24.5 Å². The second kappa shape index (κ2) is 9.83. The van der Waals surface area contributed by atoms with E-state index >= 15 is 0 Å². The molecule has 1 saturated carbocycles. The average molecular weight is 373 g/mol. The predicted molar refractivity (Wildman–Crippen MR) is 103 cm³/mol. The third-order valence-corrected chi connectivity index (χ3v) is 5.84. The van der Waals surface area contributed by atoms with Gasteiger partial charge < -0.3 is 15.0 Å². The highest BCUT2D eigenvalue weighted by atomic mass is 16.5. The Hall–Kier alpha value is -1.95. The minimum Gasteiger partial charge on any atom is -0.376 e. The van der Waals surface area contributed by atoms with Crippen LogP contribution < -0.4 is 5.32 Å². The molecule has 0 aromatic carbocycles. The molecule has 2 aliphatic rings. The summed E-state index contributed by atoms with van der Waals surface area (Å²) in [6.45, 7) is 2.14. The summed E-state index contributed by atoms with van der Waals surface area (Å²) in [6.07, 6.45) is 9.90. The zero-order valence-corrected chi connectivity index (χ0v) is 16.2. The van der Waals surface area contributed by atoms with Crippen LogP contribution in [-0.4, -0.2) is 54.5 Å². The third-order valence-electron chi connectivity index (χ3n) is 5.84. The molecule has 2 heterocycles. The molecule has 1 saturated heterocycles. The summed E-state index contributed by atoms with van der Waals surface area (Å²) in [5.41, 5.74) is 1.19. The van der Waals surface area contributed by atoms with Crippen molar-refractivity contribution in [3.63, 3.8) is 0 Å². The lowest BCUT2D eigenvalue weighted by Crippen LogP contribution is -2.40. The molecule has 2 fully saturated rings.